The van der Waals surface area contributed by atoms with Crippen LogP contribution >= 0.6 is 0 Å². The summed E-state index contributed by atoms with van der Waals surface area (Å²) in [6.45, 7) is 9.47. The number of allylic oxidation sites excluding steroid dienone is 3. The summed E-state index contributed by atoms with van der Waals surface area (Å²) in [4.78, 5) is 3.95. The Balaban J connectivity index is 2.80. The summed E-state index contributed by atoms with van der Waals surface area (Å²) in [5, 5.41) is 0. The molecule has 10 heavy (non-hydrogen) atoms. The summed E-state index contributed by atoms with van der Waals surface area (Å²) >= 11 is 0. The molecule has 1 aliphatic rings. The zero-order chi connectivity index (χ0) is 7.56. The Kier molecular flexibility index (Phi) is 2.05. The lowest BCUT2D eigenvalue weighted by Gasteiger charge is -1.95. The highest BCUT2D eigenvalue weighted by molar-refractivity contribution is 5.36. The molecule has 1 aliphatic carbocycles. The van der Waals surface area contributed by atoms with Crippen molar-refractivity contribution in [1.82, 2.24) is 0 Å². The molecule has 0 saturated carbocycles. The molecular formula is C9H13N. The predicted octanol–water partition coefficient (Wildman–Crippen LogP) is 2.56. The van der Waals surface area contributed by atoms with E-state index in [0.717, 1.165) is 24.5 Å². The van der Waals surface area contributed by atoms with E-state index < -0.39 is 0 Å². The first kappa shape index (κ1) is 7.26. The Morgan fingerprint density at radius 1 is 1.60 bits per heavy atom. The van der Waals surface area contributed by atoms with Crippen LogP contribution in [0.2, 0.25) is 0 Å². The quantitative estimate of drug-likeness (QED) is 0.516. The second-order valence-corrected chi connectivity index (χ2v) is 2.85. The fraction of sp³-hybridized carbons (Fsp3) is 0.444. The second-order valence-electron chi connectivity index (χ2n) is 2.85. The zero-order valence-electron chi connectivity index (χ0n) is 6.43. The number of nitrogens with zero attached hydrogens (tertiary/aromatic N) is 1. The molecule has 0 heterocycles. The first-order valence-electron chi connectivity index (χ1n) is 3.59. The van der Waals surface area contributed by atoms with Crippen molar-refractivity contribution in [2.24, 2.45) is 10.9 Å². The van der Waals surface area contributed by atoms with E-state index in [1.165, 1.54) is 5.57 Å². The first-order chi connectivity index (χ1) is 4.77. The van der Waals surface area contributed by atoms with Crippen molar-refractivity contribution in [3.63, 3.8) is 0 Å². The van der Waals surface area contributed by atoms with Crippen LogP contribution in [0.4, 0.5) is 0 Å². The van der Waals surface area contributed by atoms with Gasteiger partial charge in [0, 0.05) is 5.70 Å². The molecule has 0 fully saturated rings. The lowest BCUT2D eigenvalue weighted by Crippen LogP contribution is -1.83. The van der Waals surface area contributed by atoms with Crippen molar-refractivity contribution in [2.75, 3.05) is 0 Å². The molecule has 0 saturated heterocycles. The molecule has 1 nitrogen and oxygen atoms in total. The maximum atomic E-state index is 3.95. The highest BCUT2D eigenvalue weighted by atomic mass is 14.7. The van der Waals surface area contributed by atoms with E-state index in [0.29, 0.717) is 0 Å². The van der Waals surface area contributed by atoms with Gasteiger partial charge in [-0.15, -0.1) is 0 Å². The Hall–Kier alpha value is -0.850. The largest absolute Gasteiger partial charge is 0.269 e. The minimum atomic E-state index is 0.730. The molecule has 1 heteroatoms. The third-order valence-electron chi connectivity index (χ3n) is 1.92. The minimum Gasteiger partial charge on any atom is -0.269 e. The van der Waals surface area contributed by atoms with Crippen molar-refractivity contribution in [3.8, 4) is 0 Å². The molecule has 0 aromatic rings. The van der Waals surface area contributed by atoms with E-state index in [-0.39, 0.29) is 0 Å². The van der Waals surface area contributed by atoms with Gasteiger partial charge in [-0.2, -0.15) is 0 Å². The van der Waals surface area contributed by atoms with Crippen molar-refractivity contribution in [3.05, 3.63) is 23.9 Å². The van der Waals surface area contributed by atoms with Crippen molar-refractivity contribution >= 4 is 6.72 Å². The molecule has 0 N–H and O–H groups in total. The van der Waals surface area contributed by atoms with Gasteiger partial charge in [-0.25, -0.2) is 0 Å². The van der Waals surface area contributed by atoms with Gasteiger partial charge in [0.25, 0.3) is 0 Å². The molecule has 1 rings (SSSR count). The van der Waals surface area contributed by atoms with Crippen LogP contribution < -0.4 is 0 Å². The van der Waals surface area contributed by atoms with Crippen LogP contribution in [0.1, 0.15) is 19.8 Å². The lowest BCUT2D eigenvalue weighted by molar-refractivity contribution is 0.622. The molecule has 54 valence electrons. The van der Waals surface area contributed by atoms with Gasteiger partial charge in [0.2, 0.25) is 0 Å². The molecule has 0 aromatic heterocycles. The summed E-state index contributed by atoms with van der Waals surface area (Å²) in [7, 11) is 0. The van der Waals surface area contributed by atoms with Crippen molar-refractivity contribution < 1.29 is 0 Å². The average Bonchev–Trinajstić information content (AvgIpc) is 2.30. The number of hydrogen-bond donors (Lipinski definition) is 0. The number of hydrogen-bond acceptors (Lipinski definition) is 1. The van der Waals surface area contributed by atoms with E-state index in [9.17, 15) is 0 Å². The molecule has 0 radical (unpaired) electrons. The fourth-order valence-electron chi connectivity index (χ4n) is 1.39. The highest BCUT2D eigenvalue weighted by Gasteiger charge is 2.17. The molecule has 0 aliphatic heterocycles. The third-order valence-corrected chi connectivity index (χ3v) is 1.92. The van der Waals surface area contributed by atoms with E-state index in [1.54, 1.807) is 0 Å². The SMILES string of the molecule is C=CC1=C(N=C)CC(C)C1. The Morgan fingerprint density at radius 3 is 2.70 bits per heavy atom. The van der Waals surface area contributed by atoms with Gasteiger partial charge in [-0.05, 0) is 31.1 Å². The minimum absolute atomic E-state index is 0.730. The van der Waals surface area contributed by atoms with Crippen LogP contribution in [-0.4, -0.2) is 6.72 Å². The van der Waals surface area contributed by atoms with E-state index in [2.05, 4.69) is 25.2 Å². The van der Waals surface area contributed by atoms with Crippen LogP contribution in [-0.2, 0) is 0 Å². The van der Waals surface area contributed by atoms with Crippen LogP contribution in [0.5, 0.6) is 0 Å². The summed E-state index contributed by atoms with van der Waals surface area (Å²) in [6, 6.07) is 0. The normalized spacial score (nSPS) is 25.1. The van der Waals surface area contributed by atoms with Crippen LogP contribution in [0.25, 0.3) is 0 Å². The van der Waals surface area contributed by atoms with Crippen molar-refractivity contribution in [1.29, 1.82) is 0 Å². The average molecular weight is 135 g/mol. The van der Waals surface area contributed by atoms with Crippen LogP contribution in [0.15, 0.2) is 28.9 Å². The van der Waals surface area contributed by atoms with Gasteiger partial charge >= 0.3 is 0 Å². The molecule has 1 atom stereocenters. The fourth-order valence-corrected chi connectivity index (χ4v) is 1.39. The molecule has 0 aromatic carbocycles. The molecular weight excluding hydrogens is 122 g/mol. The van der Waals surface area contributed by atoms with Gasteiger partial charge < -0.3 is 0 Å². The maximum Gasteiger partial charge on any atom is 0.0430 e. The lowest BCUT2D eigenvalue weighted by atomic mass is 10.1. The summed E-state index contributed by atoms with van der Waals surface area (Å²) in [6.07, 6.45) is 4.09. The predicted molar refractivity (Wildman–Crippen MR) is 45.2 cm³/mol. The van der Waals surface area contributed by atoms with Gasteiger partial charge in [0.1, 0.15) is 0 Å². The highest BCUT2D eigenvalue weighted by Crippen LogP contribution is 2.31. The number of rotatable bonds is 2. The van der Waals surface area contributed by atoms with E-state index >= 15 is 0 Å². The third kappa shape index (κ3) is 1.18. The standard InChI is InChI=1S/C9H13N/c1-4-8-5-7(2)6-9(8)10-3/h4,7H,1,3,5-6H2,2H3. The summed E-state index contributed by atoms with van der Waals surface area (Å²) in [5.41, 5.74) is 2.42. The monoisotopic (exact) mass is 135 g/mol. The summed E-state index contributed by atoms with van der Waals surface area (Å²) in [5.74, 6) is 0.730. The summed E-state index contributed by atoms with van der Waals surface area (Å²) < 4.78 is 0. The smallest absolute Gasteiger partial charge is 0.0430 e. The van der Waals surface area contributed by atoms with Gasteiger partial charge in [0.15, 0.2) is 0 Å². The second kappa shape index (κ2) is 2.82. The number of aliphatic imine (C=N–C) groups is 1. The Morgan fingerprint density at radius 2 is 2.30 bits per heavy atom. The van der Waals surface area contributed by atoms with Gasteiger partial charge in [-0.3, -0.25) is 4.99 Å². The maximum absolute atomic E-state index is 3.95. The molecule has 1 unspecified atom stereocenters. The van der Waals surface area contributed by atoms with Gasteiger partial charge in [-0.1, -0.05) is 19.6 Å². The molecule has 0 spiro atoms. The molecule has 0 bridgehead atoms. The van der Waals surface area contributed by atoms with E-state index in [1.807, 2.05) is 6.08 Å². The Labute approximate surface area is 62.2 Å². The molecule has 0 amide bonds. The van der Waals surface area contributed by atoms with Crippen LogP contribution in [0.3, 0.4) is 0 Å². The Bertz CT molecular complexity index is 169. The van der Waals surface area contributed by atoms with Gasteiger partial charge in [0.05, 0.1) is 0 Å². The van der Waals surface area contributed by atoms with Crippen LogP contribution in [0, 0.1) is 5.92 Å². The topological polar surface area (TPSA) is 12.4 Å². The zero-order valence-corrected chi connectivity index (χ0v) is 6.43. The van der Waals surface area contributed by atoms with E-state index in [4.69, 9.17) is 0 Å². The first-order valence-corrected chi connectivity index (χ1v) is 3.59. The van der Waals surface area contributed by atoms with Crippen molar-refractivity contribution in [2.45, 2.75) is 19.8 Å².